The van der Waals surface area contributed by atoms with Gasteiger partial charge >= 0.3 is 11.9 Å². The Morgan fingerprint density at radius 2 is 1.35 bits per heavy atom. The van der Waals surface area contributed by atoms with Crippen LogP contribution in [0.4, 0.5) is 0 Å². The van der Waals surface area contributed by atoms with E-state index in [2.05, 4.69) is 45.5 Å². The Morgan fingerprint density at radius 3 is 2.00 bits per heavy atom. The van der Waals surface area contributed by atoms with Crippen molar-refractivity contribution in [3.05, 3.63) is 59.2 Å². The minimum atomic E-state index is -0.622. The highest BCUT2D eigenvalue weighted by atomic mass is 16.6. The number of rotatable bonds is 26. The van der Waals surface area contributed by atoms with Crippen molar-refractivity contribution in [3.63, 3.8) is 0 Å². The number of hydrogen-bond acceptors (Lipinski definition) is 8. The molecule has 48 heavy (non-hydrogen) atoms. The molecule has 2 rings (SSSR count). The van der Waals surface area contributed by atoms with E-state index < -0.39 is 24.5 Å². The van der Waals surface area contributed by atoms with E-state index in [0.29, 0.717) is 0 Å². The van der Waals surface area contributed by atoms with Crippen LogP contribution < -0.4 is 9.47 Å². The van der Waals surface area contributed by atoms with Crippen molar-refractivity contribution in [2.75, 3.05) is 39.6 Å². The summed E-state index contributed by atoms with van der Waals surface area (Å²) < 4.78 is 22.6. The number of benzene rings is 2. The normalized spacial score (nSPS) is 11.6. The number of aliphatic hydroxyl groups excluding tert-OH is 2. The van der Waals surface area contributed by atoms with Crippen molar-refractivity contribution in [2.45, 2.75) is 111 Å². The summed E-state index contributed by atoms with van der Waals surface area (Å²) in [4.78, 5) is 23.8. The lowest BCUT2D eigenvalue weighted by Crippen LogP contribution is -2.21. The van der Waals surface area contributed by atoms with Crippen molar-refractivity contribution in [1.82, 2.24) is 0 Å². The van der Waals surface area contributed by atoms with E-state index in [4.69, 9.17) is 24.1 Å². The first-order valence-corrected chi connectivity index (χ1v) is 18.1. The molecule has 0 fully saturated rings. The van der Waals surface area contributed by atoms with Crippen LogP contribution in [0, 0.1) is 5.92 Å². The third-order valence-corrected chi connectivity index (χ3v) is 8.51. The summed E-state index contributed by atoms with van der Waals surface area (Å²) >= 11 is 0. The molecule has 1 unspecified atom stereocenters. The zero-order chi connectivity index (χ0) is 35.1. The monoisotopic (exact) mass is 668 g/mol. The summed E-state index contributed by atoms with van der Waals surface area (Å²) in [5.74, 6) is -0.0647. The van der Waals surface area contributed by atoms with Gasteiger partial charge in [0.2, 0.25) is 0 Å². The topological polar surface area (TPSA) is 112 Å². The summed E-state index contributed by atoms with van der Waals surface area (Å²) in [7, 11) is 0. The van der Waals surface area contributed by atoms with Gasteiger partial charge in [0.25, 0.3) is 0 Å². The Hall–Kier alpha value is -3.36. The zero-order valence-corrected chi connectivity index (χ0v) is 30.0. The van der Waals surface area contributed by atoms with Gasteiger partial charge in [0, 0.05) is 0 Å². The van der Waals surface area contributed by atoms with Crippen molar-refractivity contribution >= 4 is 11.9 Å². The van der Waals surface area contributed by atoms with Gasteiger partial charge in [-0.3, -0.25) is 4.79 Å². The average Bonchev–Trinajstić information content (AvgIpc) is 3.10. The maximum Gasteiger partial charge on any atom is 0.335 e. The molecule has 0 aliphatic carbocycles. The summed E-state index contributed by atoms with van der Waals surface area (Å²) in [6.45, 7) is 11.7. The van der Waals surface area contributed by atoms with E-state index in [-0.39, 0.29) is 38.6 Å². The summed E-state index contributed by atoms with van der Waals surface area (Å²) in [6, 6.07) is 10.4. The molecular formula is C40H60O8. The van der Waals surface area contributed by atoms with Crippen molar-refractivity contribution < 1.29 is 38.7 Å². The molecule has 2 N–H and O–H groups in total. The lowest BCUT2D eigenvalue weighted by molar-refractivity contribution is -0.150. The molecule has 0 saturated carbocycles. The minimum absolute atomic E-state index is 0.0184. The standard InChI is InChI=1S/C40H60O8/c1-6-9-11-13-15-17-32-27-33(45-23-25-47-39(43)30(4)28-41)19-20-35(32)37-21-22-38(46-24-26-48-40(44)31(5)29-42)34(8-3)36(37)18-16-14-12-10-7-2/h19-22,27,31,41-42H,4,6-18,23-26,28-29H2,1-3,5H3. The van der Waals surface area contributed by atoms with Crippen LogP contribution in [0.3, 0.4) is 0 Å². The van der Waals surface area contributed by atoms with E-state index in [1.54, 1.807) is 6.92 Å². The van der Waals surface area contributed by atoms with E-state index in [9.17, 15) is 14.7 Å². The largest absolute Gasteiger partial charge is 0.490 e. The smallest absolute Gasteiger partial charge is 0.335 e. The number of hydrogen-bond donors (Lipinski definition) is 2. The summed E-state index contributed by atoms with van der Waals surface area (Å²) in [6.07, 6.45) is 14.5. The average molecular weight is 669 g/mol. The molecule has 0 aromatic heterocycles. The molecule has 268 valence electrons. The molecule has 0 heterocycles. The first-order valence-electron chi connectivity index (χ1n) is 18.1. The predicted octanol–water partition coefficient (Wildman–Crippen LogP) is 7.96. The van der Waals surface area contributed by atoms with Gasteiger partial charge in [-0.2, -0.15) is 0 Å². The molecule has 0 aliphatic rings. The first-order chi connectivity index (χ1) is 23.3. The second-order valence-electron chi connectivity index (χ2n) is 12.4. The number of carbonyl (C=O) groups is 2. The Kier molecular flexibility index (Phi) is 20.3. The van der Waals surface area contributed by atoms with Crippen molar-refractivity contribution in [2.24, 2.45) is 5.92 Å². The van der Waals surface area contributed by atoms with E-state index in [1.807, 2.05) is 12.1 Å². The maximum atomic E-state index is 12.0. The van der Waals surface area contributed by atoms with Crippen LogP contribution in [-0.2, 0) is 38.3 Å². The Bertz CT molecular complexity index is 1250. The Balaban J connectivity index is 2.38. The second kappa shape index (κ2) is 23.9. The van der Waals surface area contributed by atoms with Crippen LogP contribution in [0.1, 0.15) is 109 Å². The first kappa shape index (κ1) is 40.8. The minimum Gasteiger partial charge on any atom is -0.490 e. The van der Waals surface area contributed by atoms with Gasteiger partial charge in [0.05, 0.1) is 24.7 Å². The quantitative estimate of drug-likeness (QED) is 0.0590. The van der Waals surface area contributed by atoms with E-state index >= 15 is 0 Å². The Morgan fingerprint density at radius 1 is 0.729 bits per heavy atom. The fourth-order valence-electron chi connectivity index (χ4n) is 5.66. The number of aliphatic hydroxyl groups is 2. The van der Waals surface area contributed by atoms with Crippen LogP contribution in [0.5, 0.6) is 11.5 Å². The molecule has 0 aliphatic heterocycles. The van der Waals surface area contributed by atoms with Gasteiger partial charge in [-0.1, -0.05) is 90.8 Å². The third kappa shape index (κ3) is 14.0. The SMILES string of the molecule is C=C(CO)C(=O)OCCOc1ccc(-c2ccc(OCCOC(=O)C(C)CO)c(CC)c2CCCCCCC)c(CCCCCCC)c1. The van der Waals surface area contributed by atoms with Gasteiger partial charge in [0.1, 0.15) is 37.9 Å². The lowest BCUT2D eigenvalue weighted by atomic mass is 9.87. The molecule has 0 saturated heterocycles. The summed E-state index contributed by atoms with van der Waals surface area (Å²) in [5.41, 5.74) is 6.13. The van der Waals surface area contributed by atoms with Crippen LogP contribution in [0.2, 0.25) is 0 Å². The van der Waals surface area contributed by atoms with Crippen LogP contribution in [0.15, 0.2) is 42.5 Å². The second-order valence-corrected chi connectivity index (χ2v) is 12.4. The molecule has 2 aromatic rings. The van der Waals surface area contributed by atoms with E-state index in [1.165, 1.54) is 79.2 Å². The molecular weight excluding hydrogens is 608 g/mol. The highest BCUT2D eigenvalue weighted by Gasteiger charge is 2.18. The highest BCUT2D eigenvalue weighted by Crippen LogP contribution is 2.37. The maximum absolute atomic E-state index is 12.0. The van der Waals surface area contributed by atoms with Crippen molar-refractivity contribution in [3.8, 4) is 22.6 Å². The van der Waals surface area contributed by atoms with Gasteiger partial charge in [0.15, 0.2) is 0 Å². The summed E-state index contributed by atoms with van der Waals surface area (Å²) in [5, 5.41) is 18.3. The molecule has 8 heteroatoms. The van der Waals surface area contributed by atoms with Crippen LogP contribution in [0.25, 0.3) is 11.1 Å². The van der Waals surface area contributed by atoms with Gasteiger partial charge in [-0.05, 0) is 85.0 Å². The molecule has 2 aromatic carbocycles. The molecule has 1 atom stereocenters. The predicted molar refractivity (Wildman–Crippen MR) is 192 cm³/mol. The molecule has 0 radical (unpaired) electrons. The van der Waals surface area contributed by atoms with E-state index in [0.717, 1.165) is 43.6 Å². The molecule has 0 spiro atoms. The van der Waals surface area contributed by atoms with Crippen molar-refractivity contribution in [1.29, 1.82) is 0 Å². The zero-order valence-electron chi connectivity index (χ0n) is 30.0. The number of unbranched alkanes of at least 4 members (excludes halogenated alkanes) is 8. The fourth-order valence-corrected chi connectivity index (χ4v) is 5.66. The Labute approximate surface area is 288 Å². The van der Waals surface area contributed by atoms with Gasteiger partial charge in [-0.25, -0.2) is 4.79 Å². The fraction of sp³-hybridized carbons (Fsp3) is 0.600. The van der Waals surface area contributed by atoms with Gasteiger partial charge < -0.3 is 29.2 Å². The number of ether oxygens (including phenoxy) is 4. The molecule has 8 nitrogen and oxygen atoms in total. The number of aryl methyl sites for hydroxylation is 1. The molecule has 0 amide bonds. The number of esters is 2. The van der Waals surface area contributed by atoms with Crippen LogP contribution in [-0.4, -0.2) is 61.8 Å². The van der Waals surface area contributed by atoms with Crippen LogP contribution >= 0.6 is 0 Å². The highest BCUT2D eigenvalue weighted by molar-refractivity contribution is 5.87. The lowest BCUT2D eigenvalue weighted by Gasteiger charge is -2.21. The third-order valence-electron chi connectivity index (χ3n) is 8.51. The molecule has 0 bridgehead atoms. The van der Waals surface area contributed by atoms with Gasteiger partial charge in [-0.15, -0.1) is 0 Å². The number of carbonyl (C=O) groups excluding carboxylic acids is 2.